The lowest BCUT2D eigenvalue weighted by Gasteiger charge is -2.09. The predicted octanol–water partition coefficient (Wildman–Crippen LogP) is 11.5. The minimum Gasteiger partial charge on any atom is -0.447 e. The number of aromatic nitrogens is 6. The van der Waals surface area contributed by atoms with E-state index in [9.17, 15) is 28.8 Å². The molecule has 6 saturated heterocycles. The van der Waals surface area contributed by atoms with Crippen LogP contribution in [0.15, 0.2) is 146 Å². The fourth-order valence-corrected chi connectivity index (χ4v) is 12.1. The molecule has 6 aromatic heterocycles. The molecule has 0 aliphatic carbocycles. The fourth-order valence-electron chi connectivity index (χ4n) is 12.1. The van der Waals surface area contributed by atoms with Crippen LogP contribution in [0, 0.1) is 0 Å². The molecule has 6 amide bonds. The van der Waals surface area contributed by atoms with Gasteiger partial charge in [-0.1, -0.05) is 36.3 Å². The summed E-state index contributed by atoms with van der Waals surface area (Å²) in [5, 5.41) is 13.4. The van der Waals surface area contributed by atoms with Gasteiger partial charge < -0.3 is 120 Å². The molecule has 18 rings (SSSR count). The lowest BCUT2D eigenvalue weighted by Crippen LogP contribution is -2.28. The SMILES string of the molecule is [2H]c1c(C([2H])([2H])[C@H]2COC(=O)N2)c([2H])c2c(C([2H])([2H])CN(C([2H])([2H])[2H])C([2H])([2H])[2H])c[nH]c2c1[2H].[2H]c1c(C([2H])([2H])[C@H]2COC(=O)N2)c([2H])c2c(C([2H])([2H])CN(C)C([2H])([2H])[2H])c[nH]c2c1[2H].[2H]c1c(C([2H])([2H])[C@H]2COC(=O)N2)c([2H])c2c(C([2H])([2H])CN(C)C)c[nH]c2c1[2H].[2H]c1c(C([2H])([2H])[C@H]2COC(=O)N2)c([2H])c2c(CC([2H])([2H])N(C([2H])([2H])[2H])C([2H])([2H])[2H])c[nH]c2c1[2H].[2H]c1c(C([2H])([2H])[C@H]2COC(=O)N2)c([2H])c2c(CC([2H])([2H])N(C)C([2H])([2H])[2H])c[nH]c2c1[2H].[2H]c1c(C([2H])([2H])[C@H]2COC(=O)N2)c([2H])c2c(CC([2H])([2H])N(C)C)c[nH]c2c1[2H]. The normalized spacial score (nSPS) is 27.1. The summed E-state index contributed by atoms with van der Waals surface area (Å²) in [6.07, 6.45) is -20.3. The Bertz CT molecular complexity index is 8710. The highest BCUT2D eigenvalue weighted by molar-refractivity contribution is 5.88. The van der Waals surface area contributed by atoms with Gasteiger partial charge in [0.05, 0.1) is 60.9 Å². The Morgan fingerprint density at radius 2 is 0.500 bits per heavy atom. The van der Waals surface area contributed by atoms with E-state index in [1.807, 2.05) is 0 Å². The molecule has 0 bridgehead atoms. The Morgan fingerprint density at radius 3 is 0.722 bits per heavy atom. The summed E-state index contributed by atoms with van der Waals surface area (Å²) in [5.74, 6) is 0. The van der Waals surface area contributed by atoms with Crippen molar-refractivity contribution in [3.63, 3.8) is 0 Å². The Hall–Kier alpha value is -12.1. The number of hydrogen-bond donors (Lipinski definition) is 12. The lowest BCUT2D eigenvalue weighted by molar-refractivity contribution is 0.176. The van der Waals surface area contributed by atoms with Crippen LogP contribution in [-0.4, -0.2) is 295 Å². The zero-order valence-electron chi connectivity index (χ0n) is 128. The number of ether oxygens (including phenoxy) is 6. The third kappa shape index (κ3) is 26.5. The molecular weight excluding hydrogens is 1600 g/mol. The molecule has 126 heavy (non-hydrogen) atoms. The Labute approximate surface area is 820 Å². The number of rotatable bonds is 30. The van der Waals surface area contributed by atoms with Crippen LogP contribution in [0.2, 0.25) is 0 Å². The third-order valence-corrected chi connectivity index (χ3v) is 17.9. The number of carbonyl (C=O) groups is 6. The number of nitrogens with one attached hydrogen (secondary N) is 12. The van der Waals surface area contributed by atoms with Crippen LogP contribution in [0.25, 0.3) is 65.4 Å². The molecule has 6 aliphatic heterocycles. The van der Waals surface area contributed by atoms with Crippen molar-refractivity contribution in [2.45, 2.75) is 113 Å². The van der Waals surface area contributed by atoms with E-state index in [2.05, 4.69) is 61.8 Å². The molecule has 672 valence electrons. The van der Waals surface area contributed by atoms with Crippen molar-refractivity contribution >= 4 is 102 Å². The number of fused-ring (bicyclic) bond motifs is 6. The molecular formula is C96H126N18O12. The minimum absolute atomic E-state index is 0.0180. The summed E-state index contributed by atoms with van der Waals surface area (Å²) in [7, 11) is 8.92. The molecule has 30 heteroatoms. The average molecular weight is 1780 g/mol. The van der Waals surface area contributed by atoms with Crippen LogP contribution in [-0.2, 0) is 105 Å². The molecule has 0 radical (unpaired) electrons. The largest absolute Gasteiger partial charge is 0.447 e. The molecule has 30 nitrogen and oxygen atoms in total. The van der Waals surface area contributed by atoms with Crippen molar-refractivity contribution in [3.8, 4) is 0 Å². The molecule has 6 aromatic carbocycles. The van der Waals surface area contributed by atoms with Crippen molar-refractivity contribution in [1.82, 2.24) is 91.2 Å². The summed E-state index contributed by atoms with van der Waals surface area (Å²) in [6, 6.07) is -15.9. The molecule has 6 aliphatic rings. The van der Waals surface area contributed by atoms with E-state index < -0.39 is 331 Å². The quantitative estimate of drug-likeness (QED) is 0.0186. The number of likely N-dealkylation sites (N-methyl/N-ethyl adjacent to an activating group) is 6. The Kier molecular flexibility index (Phi) is 14.6. The second-order valence-electron chi connectivity index (χ2n) is 28.2. The van der Waals surface area contributed by atoms with Crippen molar-refractivity contribution < 1.29 is 139 Å². The van der Waals surface area contributed by atoms with Crippen LogP contribution in [0.1, 0.15) is 149 Å². The third-order valence-electron chi connectivity index (χ3n) is 17.9. The van der Waals surface area contributed by atoms with Crippen LogP contribution < -0.4 is 31.9 Å². The maximum absolute atomic E-state index is 11.4. The predicted molar refractivity (Wildman–Crippen MR) is 495 cm³/mol. The van der Waals surface area contributed by atoms with Gasteiger partial charge in [-0.2, -0.15) is 0 Å². The number of nitrogens with zero attached hydrogens (tertiary/aromatic N) is 6. The second-order valence-corrected chi connectivity index (χ2v) is 28.2. The van der Waals surface area contributed by atoms with Gasteiger partial charge in [0, 0.05) is 199 Å². The van der Waals surface area contributed by atoms with Gasteiger partial charge in [-0.25, -0.2) is 28.8 Å². The number of carbonyl (C=O) groups excluding carboxylic acids is 6. The van der Waals surface area contributed by atoms with Gasteiger partial charge in [0.2, 0.25) is 0 Å². The number of benzene rings is 6. The highest BCUT2D eigenvalue weighted by Crippen LogP contribution is 2.29. The number of alkyl carbamates (subject to hydrolysis) is 6. The van der Waals surface area contributed by atoms with Crippen LogP contribution >= 0.6 is 0 Å². The van der Waals surface area contributed by atoms with Crippen molar-refractivity contribution in [1.29, 1.82) is 0 Å². The van der Waals surface area contributed by atoms with Gasteiger partial charge in [0.25, 0.3) is 0 Å². The number of aromatic amines is 6. The van der Waals surface area contributed by atoms with Gasteiger partial charge >= 0.3 is 36.6 Å². The monoisotopic (exact) mass is 1780 g/mol. The minimum atomic E-state index is -3.33. The van der Waals surface area contributed by atoms with Crippen LogP contribution in [0.3, 0.4) is 0 Å². The van der Waals surface area contributed by atoms with E-state index >= 15 is 0 Å². The first-order chi connectivity index (χ1) is 84.5. The number of H-pyrrole nitrogens is 6. The van der Waals surface area contributed by atoms with E-state index in [0.29, 0.717) is 10.5 Å². The van der Waals surface area contributed by atoms with Crippen LogP contribution in [0.5, 0.6) is 0 Å². The molecule has 0 unspecified atom stereocenters. The highest BCUT2D eigenvalue weighted by atomic mass is 16.6. The van der Waals surface area contributed by atoms with E-state index in [-0.39, 0.29) is 184 Å². The fraction of sp³-hybridized carbons (Fsp3) is 0.438. The zero-order valence-corrected chi connectivity index (χ0v) is 68.0. The van der Waals surface area contributed by atoms with Gasteiger partial charge in [0.1, 0.15) is 39.6 Å². The van der Waals surface area contributed by atoms with Crippen molar-refractivity contribution in [3.05, 3.63) is 213 Å². The van der Waals surface area contributed by atoms with E-state index in [1.165, 1.54) is 36.7 Å². The molecule has 12 N–H and O–H groups in total. The van der Waals surface area contributed by atoms with Gasteiger partial charge in [-0.3, -0.25) is 0 Å². The Morgan fingerprint density at radius 1 is 0.286 bits per heavy atom. The molecule has 6 fully saturated rings. The summed E-state index contributed by atoms with van der Waals surface area (Å²) in [6.45, 7) is -28.9. The van der Waals surface area contributed by atoms with Crippen molar-refractivity contribution in [2.75, 3.05) is 163 Å². The molecule has 0 spiro atoms. The van der Waals surface area contributed by atoms with Gasteiger partial charge in [0.15, 0.2) is 0 Å². The Balaban J connectivity index is 0.000000181. The van der Waals surface area contributed by atoms with E-state index in [0.717, 1.165) is 24.3 Å². The molecule has 6 atom stereocenters. The molecule has 12 heterocycles. The number of cyclic esters (lactones) is 6. The summed E-state index contributed by atoms with van der Waals surface area (Å²) in [4.78, 5) is 88.6. The summed E-state index contributed by atoms with van der Waals surface area (Å²) < 4.78 is 514. The highest BCUT2D eigenvalue weighted by Gasteiger charge is 2.29. The van der Waals surface area contributed by atoms with Gasteiger partial charge in [-0.15, -0.1) is 0 Å². The first-order valence-electron chi connectivity index (χ1n) is 68.1. The topological polar surface area (TPSA) is 344 Å². The standard InChI is InChI=1S/6C16H21N3O2/c6*1-19(2)6-5-12-9-17-15-4-3-11(8-14(12)15)7-13-10-21-16(20)18-13/h6*3-4,8-9,13,17H,5-7,10H2,1-2H3,(H,18,20)/t6*13-/m000000/s1/i1D3,2D3,3D,4D,6D2,7D2,8D;1D3,2D3,3D,4D,5D2,7D2,8D;1D3,3D,4D,6D2,7D2,8D;1D3,3D,4D,5D2,7D2,8D;3D,4D,6D2,7D2,8D;3D,4D,5D2,7D2,8D. The smallest absolute Gasteiger partial charge is 0.407 e. The van der Waals surface area contributed by atoms with Gasteiger partial charge in [-0.05, 0) is 300 Å². The molecule has 12 aromatic rings. The van der Waals surface area contributed by atoms with Crippen LogP contribution in [0.4, 0.5) is 28.8 Å². The van der Waals surface area contributed by atoms with E-state index in [4.69, 9.17) is 111 Å². The number of amides is 6. The first-order valence-corrected chi connectivity index (χ1v) is 38.1. The number of hydrogen-bond acceptors (Lipinski definition) is 18. The number of aryl methyl sites for hydroxylation is 3. The summed E-state index contributed by atoms with van der Waals surface area (Å²) >= 11 is 0. The second kappa shape index (κ2) is 43.7. The lowest BCUT2D eigenvalue weighted by atomic mass is 10.0. The average Bonchev–Trinajstić information content (AvgIpc) is 1.57. The molecule has 0 saturated carbocycles. The van der Waals surface area contributed by atoms with E-state index in [1.54, 1.807) is 33.1 Å². The maximum Gasteiger partial charge on any atom is 0.407 e. The summed E-state index contributed by atoms with van der Waals surface area (Å²) in [5.41, 5.74) is -2.60. The maximum atomic E-state index is 11.4. The van der Waals surface area contributed by atoms with Crippen molar-refractivity contribution in [2.24, 2.45) is 0 Å². The zero-order chi connectivity index (χ0) is 141. The first kappa shape index (κ1) is 42.0.